The van der Waals surface area contributed by atoms with Crippen LogP contribution in [0.5, 0.6) is 5.75 Å². The van der Waals surface area contributed by atoms with Crippen LogP contribution in [-0.2, 0) is 0 Å². The van der Waals surface area contributed by atoms with Crippen molar-refractivity contribution in [1.29, 1.82) is 0 Å². The number of hydrazone groups is 1. The number of nitrogens with zero attached hydrogens (tertiary/aromatic N) is 1. The van der Waals surface area contributed by atoms with Crippen LogP contribution in [0, 0.1) is 3.57 Å². The minimum atomic E-state index is -0.248. The minimum Gasteiger partial charge on any atom is -0.497 e. The van der Waals surface area contributed by atoms with Gasteiger partial charge in [-0.1, -0.05) is 12.1 Å². The number of carbonyl (C=O) groups is 1. The maximum atomic E-state index is 12.0. The van der Waals surface area contributed by atoms with Crippen LogP contribution in [0.15, 0.2) is 53.6 Å². The first-order chi connectivity index (χ1) is 10.1. The van der Waals surface area contributed by atoms with E-state index in [1.54, 1.807) is 31.4 Å². The Kier molecular flexibility index (Phi) is 5.32. The molecule has 1 N–H and O–H groups in total. The number of carbonyl (C=O) groups excluding carboxylic acids is 1. The van der Waals surface area contributed by atoms with Crippen LogP contribution < -0.4 is 10.2 Å². The summed E-state index contributed by atoms with van der Waals surface area (Å²) >= 11 is 2.24. The van der Waals surface area contributed by atoms with Gasteiger partial charge in [-0.15, -0.1) is 0 Å². The lowest BCUT2D eigenvalue weighted by Gasteiger charge is -2.04. The fourth-order valence-corrected chi connectivity index (χ4v) is 2.26. The third-order valence-electron chi connectivity index (χ3n) is 2.92. The van der Waals surface area contributed by atoms with Crippen molar-refractivity contribution in [3.63, 3.8) is 0 Å². The first-order valence-corrected chi connectivity index (χ1v) is 7.42. The van der Waals surface area contributed by atoms with Gasteiger partial charge in [0.25, 0.3) is 5.91 Å². The number of hydrogen-bond acceptors (Lipinski definition) is 3. The van der Waals surface area contributed by atoms with Gasteiger partial charge in [0.15, 0.2) is 0 Å². The lowest BCUT2D eigenvalue weighted by atomic mass is 10.1. The van der Waals surface area contributed by atoms with Crippen LogP contribution in [0.3, 0.4) is 0 Å². The Hall–Kier alpha value is -1.89. The predicted octanol–water partition coefficient (Wildman–Crippen LogP) is 3.45. The number of halogens is 1. The SMILES string of the molecule is COc1ccc(C(=O)N/N=C(/C)c2cccc(I)c2)cc1. The summed E-state index contributed by atoms with van der Waals surface area (Å²) in [5, 5.41) is 4.14. The Morgan fingerprint density at radius 3 is 2.48 bits per heavy atom. The normalized spacial score (nSPS) is 11.1. The number of amides is 1. The second kappa shape index (κ2) is 7.21. The molecular formula is C16H15IN2O2. The van der Waals surface area contributed by atoms with E-state index in [-0.39, 0.29) is 5.91 Å². The number of hydrogen-bond donors (Lipinski definition) is 1. The van der Waals surface area contributed by atoms with Crippen molar-refractivity contribution in [1.82, 2.24) is 5.43 Å². The van der Waals surface area contributed by atoms with Crippen LogP contribution in [-0.4, -0.2) is 18.7 Å². The Bertz CT molecular complexity index is 666. The molecule has 0 aromatic heterocycles. The number of ether oxygens (including phenoxy) is 1. The van der Waals surface area contributed by atoms with Crippen LogP contribution in [0.25, 0.3) is 0 Å². The summed E-state index contributed by atoms with van der Waals surface area (Å²) < 4.78 is 6.18. The van der Waals surface area contributed by atoms with Crippen molar-refractivity contribution < 1.29 is 9.53 Å². The zero-order valence-electron chi connectivity index (χ0n) is 11.8. The number of nitrogens with one attached hydrogen (secondary N) is 1. The van der Waals surface area contributed by atoms with E-state index >= 15 is 0 Å². The van der Waals surface area contributed by atoms with Crippen molar-refractivity contribution >= 4 is 34.2 Å². The Morgan fingerprint density at radius 2 is 1.86 bits per heavy atom. The molecule has 0 spiro atoms. The van der Waals surface area contributed by atoms with Gasteiger partial charge in [-0.3, -0.25) is 4.79 Å². The molecule has 0 saturated carbocycles. The molecule has 108 valence electrons. The number of benzene rings is 2. The van der Waals surface area contributed by atoms with Gasteiger partial charge in [-0.25, -0.2) is 5.43 Å². The van der Waals surface area contributed by atoms with Crippen molar-refractivity contribution in [2.24, 2.45) is 5.10 Å². The van der Waals surface area contributed by atoms with E-state index in [0.717, 1.165) is 14.8 Å². The van der Waals surface area contributed by atoms with Gasteiger partial charge in [-0.05, 0) is 71.5 Å². The first kappa shape index (κ1) is 15.5. The highest BCUT2D eigenvalue weighted by Gasteiger charge is 2.05. The molecule has 0 unspecified atom stereocenters. The van der Waals surface area contributed by atoms with Crippen molar-refractivity contribution in [2.75, 3.05) is 7.11 Å². The molecule has 0 radical (unpaired) electrons. The quantitative estimate of drug-likeness (QED) is 0.491. The van der Waals surface area contributed by atoms with Crippen molar-refractivity contribution in [2.45, 2.75) is 6.92 Å². The van der Waals surface area contributed by atoms with Crippen molar-refractivity contribution in [3.8, 4) is 5.75 Å². The second-order valence-corrected chi connectivity index (χ2v) is 5.62. The molecule has 4 nitrogen and oxygen atoms in total. The van der Waals surface area contributed by atoms with Crippen LogP contribution >= 0.6 is 22.6 Å². The molecule has 2 rings (SSSR count). The van der Waals surface area contributed by atoms with Crippen LogP contribution in [0.4, 0.5) is 0 Å². The average molecular weight is 394 g/mol. The van der Waals surface area contributed by atoms with E-state index in [2.05, 4.69) is 33.1 Å². The molecule has 0 aliphatic heterocycles. The lowest BCUT2D eigenvalue weighted by molar-refractivity contribution is 0.0955. The van der Waals surface area contributed by atoms with E-state index in [1.807, 2.05) is 31.2 Å². The third kappa shape index (κ3) is 4.29. The molecule has 0 aliphatic carbocycles. The highest BCUT2D eigenvalue weighted by atomic mass is 127. The molecular weight excluding hydrogens is 379 g/mol. The monoisotopic (exact) mass is 394 g/mol. The molecule has 21 heavy (non-hydrogen) atoms. The molecule has 0 heterocycles. The van der Waals surface area contributed by atoms with Gasteiger partial charge in [0.2, 0.25) is 0 Å². The van der Waals surface area contributed by atoms with E-state index in [4.69, 9.17) is 4.74 Å². The van der Waals surface area contributed by atoms with Gasteiger partial charge in [-0.2, -0.15) is 5.10 Å². The van der Waals surface area contributed by atoms with E-state index in [1.165, 1.54) is 0 Å². The molecule has 0 atom stereocenters. The summed E-state index contributed by atoms with van der Waals surface area (Å²) in [5.74, 6) is 0.465. The molecule has 0 aliphatic rings. The average Bonchev–Trinajstić information content (AvgIpc) is 2.52. The fourth-order valence-electron chi connectivity index (χ4n) is 1.72. The lowest BCUT2D eigenvalue weighted by Crippen LogP contribution is -2.19. The molecule has 0 bridgehead atoms. The zero-order valence-corrected chi connectivity index (χ0v) is 13.9. The van der Waals surface area contributed by atoms with Gasteiger partial charge in [0, 0.05) is 9.13 Å². The third-order valence-corrected chi connectivity index (χ3v) is 3.59. The Labute approximate surface area is 137 Å². The highest BCUT2D eigenvalue weighted by Crippen LogP contribution is 2.11. The topological polar surface area (TPSA) is 50.7 Å². The minimum absolute atomic E-state index is 0.248. The molecule has 2 aromatic carbocycles. The molecule has 2 aromatic rings. The van der Waals surface area contributed by atoms with E-state index in [0.29, 0.717) is 11.3 Å². The smallest absolute Gasteiger partial charge is 0.271 e. The molecule has 0 saturated heterocycles. The fraction of sp³-hybridized carbons (Fsp3) is 0.125. The molecule has 1 amide bonds. The van der Waals surface area contributed by atoms with E-state index in [9.17, 15) is 4.79 Å². The van der Waals surface area contributed by atoms with Crippen LogP contribution in [0.1, 0.15) is 22.8 Å². The standard InChI is InChI=1S/C16H15IN2O2/c1-11(13-4-3-5-14(17)10-13)18-19-16(20)12-6-8-15(21-2)9-7-12/h3-10H,1-2H3,(H,19,20)/b18-11-. The zero-order chi connectivity index (χ0) is 15.2. The summed E-state index contributed by atoms with van der Waals surface area (Å²) in [4.78, 5) is 12.0. The summed E-state index contributed by atoms with van der Waals surface area (Å²) in [5.41, 5.74) is 4.84. The van der Waals surface area contributed by atoms with Gasteiger partial charge in [0.1, 0.15) is 5.75 Å². The Balaban J connectivity index is 2.06. The van der Waals surface area contributed by atoms with E-state index < -0.39 is 0 Å². The second-order valence-electron chi connectivity index (χ2n) is 4.38. The predicted molar refractivity (Wildman–Crippen MR) is 91.8 cm³/mol. The number of methoxy groups -OCH3 is 1. The highest BCUT2D eigenvalue weighted by molar-refractivity contribution is 14.1. The van der Waals surface area contributed by atoms with Crippen LogP contribution in [0.2, 0.25) is 0 Å². The number of rotatable bonds is 4. The summed E-state index contributed by atoms with van der Waals surface area (Å²) in [6.07, 6.45) is 0. The summed E-state index contributed by atoms with van der Waals surface area (Å²) in [6, 6.07) is 14.8. The van der Waals surface area contributed by atoms with Crippen molar-refractivity contribution in [3.05, 3.63) is 63.2 Å². The molecule has 0 fully saturated rings. The van der Waals surface area contributed by atoms with Gasteiger partial charge < -0.3 is 4.74 Å². The summed E-state index contributed by atoms with van der Waals surface area (Å²) in [7, 11) is 1.59. The molecule has 5 heteroatoms. The Morgan fingerprint density at radius 1 is 1.14 bits per heavy atom. The summed E-state index contributed by atoms with van der Waals surface area (Å²) in [6.45, 7) is 1.86. The maximum absolute atomic E-state index is 12.0. The first-order valence-electron chi connectivity index (χ1n) is 6.35. The van der Waals surface area contributed by atoms with Gasteiger partial charge >= 0.3 is 0 Å². The van der Waals surface area contributed by atoms with Gasteiger partial charge in [0.05, 0.1) is 12.8 Å². The maximum Gasteiger partial charge on any atom is 0.271 e. The largest absolute Gasteiger partial charge is 0.497 e.